The van der Waals surface area contributed by atoms with Crippen LogP contribution in [0.3, 0.4) is 0 Å². The lowest BCUT2D eigenvalue weighted by Gasteiger charge is -2.34. The fourth-order valence-electron chi connectivity index (χ4n) is 6.05. The third-order valence-electron chi connectivity index (χ3n) is 7.46. The van der Waals surface area contributed by atoms with Crippen LogP contribution in [-0.2, 0) is 14.4 Å². The number of rotatable bonds is 6. The molecule has 3 saturated heterocycles. The number of β-amino-alcohol motifs (C(OH)–C–C–N with tert-alkyl or cyclic N) is 1. The second kappa shape index (κ2) is 8.74. The number of aryl methyl sites for hydroxylation is 2. The van der Waals surface area contributed by atoms with Gasteiger partial charge in [-0.05, 0) is 49.9 Å². The molecular weight excluding hydrogens is 450 g/mol. The van der Waals surface area contributed by atoms with Crippen molar-refractivity contribution in [3.05, 3.63) is 59.7 Å². The number of nitrogens with zero attached hydrogens (tertiary/aromatic N) is 1. The quantitative estimate of drug-likeness (QED) is 0.592. The highest BCUT2D eigenvalue weighted by atomic mass is 32.2. The highest BCUT2D eigenvalue weighted by molar-refractivity contribution is 8.02. The molecule has 0 aromatic heterocycles. The average Bonchev–Trinajstić information content (AvgIpc) is 3.45. The summed E-state index contributed by atoms with van der Waals surface area (Å²) in [6, 6.07) is 14.3. The zero-order chi connectivity index (χ0) is 24.0. The number of nitrogens with one attached hydrogen (secondary N) is 2. The van der Waals surface area contributed by atoms with Gasteiger partial charge >= 0.3 is 0 Å². The number of anilines is 2. The molecule has 3 heterocycles. The second-order valence-electron chi connectivity index (χ2n) is 9.42. The van der Waals surface area contributed by atoms with Gasteiger partial charge in [-0.25, -0.2) is 0 Å². The molecule has 5 atom stereocenters. The first-order chi connectivity index (χ1) is 16.4. The van der Waals surface area contributed by atoms with E-state index in [1.54, 1.807) is 11.8 Å². The maximum absolute atomic E-state index is 13.7. The van der Waals surface area contributed by atoms with Gasteiger partial charge in [0, 0.05) is 23.2 Å². The molecule has 0 radical (unpaired) electrons. The average molecular weight is 480 g/mol. The molecule has 1 spiro atoms. The summed E-state index contributed by atoms with van der Waals surface area (Å²) >= 11 is 1.62. The zero-order valence-corrected chi connectivity index (χ0v) is 20.1. The maximum atomic E-state index is 13.7. The number of hydrogen-bond donors (Lipinski definition) is 3. The first-order valence-electron chi connectivity index (χ1n) is 11.7. The Labute approximate surface area is 203 Å². The van der Waals surface area contributed by atoms with Crippen molar-refractivity contribution in [2.24, 2.45) is 11.8 Å². The molecule has 7 nitrogen and oxygen atoms in total. The van der Waals surface area contributed by atoms with E-state index < -0.39 is 22.6 Å². The normalized spacial score (nSPS) is 29.3. The summed E-state index contributed by atoms with van der Waals surface area (Å²) in [6.07, 6.45) is 1.47. The summed E-state index contributed by atoms with van der Waals surface area (Å²) in [7, 11) is 0. The summed E-state index contributed by atoms with van der Waals surface area (Å²) in [4.78, 5) is 42.3. The summed E-state index contributed by atoms with van der Waals surface area (Å²) in [5, 5.41) is 15.7. The van der Waals surface area contributed by atoms with Crippen molar-refractivity contribution in [3.8, 4) is 0 Å². The number of hydrogen-bond acceptors (Lipinski definition) is 5. The third-order valence-corrected chi connectivity index (χ3v) is 9.41. The van der Waals surface area contributed by atoms with Crippen LogP contribution in [0.4, 0.5) is 11.4 Å². The van der Waals surface area contributed by atoms with Crippen molar-refractivity contribution in [2.45, 2.75) is 42.7 Å². The largest absolute Gasteiger partial charge is 0.395 e. The van der Waals surface area contributed by atoms with Gasteiger partial charge in [-0.3, -0.25) is 14.4 Å². The van der Waals surface area contributed by atoms with Gasteiger partial charge in [-0.15, -0.1) is 11.8 Å². The van der Waals surface area contributed by atoms with Crippen molar-refractivity contribution in [1.29, 1.82) is 0 Å². The van der Waals surface area contributed by atoms with E-state index in [0.717, 1.165) is 23.2 Å². The lowest BCUT2D eigenvalue weighted by Crippen LogP contribution is -2.52. The predicted octanol–water partition coefficient (Wildman–Crippen LogP) is 2.96. The van der Waals surface area contributed by atoms with Crippen LogP contribution in [0.25, 0.3) is 0 Å². The molecule has 0 aliphatic carbocycles. The number of likely N-dealkylation sites (tertiary alicyclic amines) is 1. The van der Waals surface area contributed by atoms with Gasteiger partial charge in [0.15, 0.2) is 0 Å². The number of carbonyl (C=O) groups is 3. The predicted molar refractivity (Wildman–Crippen MR) is 133 cm³/mol. The van der Waals surface area contributed by atoms with Gasteiger partial charge in [0.05, 0.1) is 23.2 Å². The molecule has 8 heteroatoms. The molecule has 2 aromatic rings. The van der Waals surface area contributed by atoms with E-state index >= 15 is 0 Å². The monoisotopic (exact) mass is 479 g/mol. The Hall–Kier alpha value is -2.84. The Balaban J connectivity index is 1.47. The van der Waals surface area contributed by atoms with Gasteiger partial charge in [0.2, 0.25) is 17.7 Å². The van der Waals surface area contributed by atoms with Gasteiger partial charge < -0.3 is 20.6 Å². The van der Waals surface area contributed by atoms with Crippen LogP contribution in [0.15, 0.2) is 48.5 Å². The highest BCUT2D eigenvalue weighted by Crippen LogP contribution is 2.66. The summed E-state index contributed by atoms with van der Waals surface area (Å²) < 4.78 is -0.670. The number of benzene rings is 2. The van der Waals surface area contributed by atoms with Crippen LogP contribution in [0.5, 0.6) is 0 Å². The van der Waals surface area contributed by atoms with E-state index in [9.17, 15) is 19.5 Å². The summed E-state index contributed by atoms with van der Waals surface area (Å²) in [5.41, 5.74) is 3.34. The fourth-order valence-corrected chi connectivity index (χ4v) is 8.27. The third kappa shape index (κ3) is 3.51. The Kier molecular flexibility index (Phi) is 5.90. The lowest BCUT2D eigenvalue weighted by atomic mass is 9.70. The summed E-state index contributed by atoms with van der Waals surface area (Å²) in [5.74, 6) is -1.73. The number of amides is 3. The molecule has 3 amide bonds. The van der Waals surface area contributed by atoms with Crippen LogP contribution in [0.2, 0.25) is 0 Å². The molecule has 3 N–H and O–H groups in total. The molecule has 3 aliphatic rings. The highest BCUT2D eigenvalue weighted by Gasteiger charge is 2.73. The molecule has 2 unspecified atom stereocenters. The molecule has 5 rings (SSSR count). The van der Waals surface area contributed by atoms with Gasteiger partial charge in [0.1, 0.15) is 6.04 Å². The van der Waals surface area contributed by atoms with Crippen molar-refractivity contribution >= 4 is 40.9 Å². The minimum absolute atomic E-state index is 0.00978. The molecule has 2 aromatic carbocycles. The lowest BCUT2D eigenvalue weighted by molar-refractivity contribution is -0.138. The molecule has 3 fully saturated rings. The zero-order valence-electron chi connectivity index (χ0n) is 19.3. The topological polar surface area (TPSA) is 98.7 Å². The molecule has 34 heavy (non-hydrogen) atoms. The van der Waals surface area contributed by atoms with Gasteiger partial charge in [-0.1, -0.05) is 36.4 Å². The SMILES string of the molecule is Cc1cccc(C)c1NC(=O)C1N(CCO)C(=O)[C@@H]2[C@H](C(=O)Nc3ccccc3)[C@@H]3CCC12S3. The number of aliphatic hydroxyl groups excluding tert-OH is 1. The summed E-state index contributed by atoms with van der Waals surface area (Å²) in [6.45, 7) is 3.71. The smallest absolute Gasteiger partial charge is 0.248 e. The van der Waals surface area contributed by atoms with E-state index in [1.165, 1.54) is 4.90 Å². The molecule has 0 saturated carbocycles. The maximum Gasteiger partial charge on any atom is 0.248 e. The molecule has 3 aliphatic heterocycles. The Bertz CT molecular complexity index is 1120. The molecule has 178 valence electrons. The van der Waals surface area contributed by atoms with Crippen molar-refractivity contribution in [1.82, 2.24) is 4.90 Å². The first-order valence-corrected chi connectivity index (χ1v) is 12.6. The van der Waals surface area contributed by atoms with Crippen molar-refractivity contribution < 1.29 is 19.5 Å². The van der Waals surface area contributed by atoms with E-state index in [2.05, 4.69) is 10.6 Å². The number of thioether (sulfide) groups is 1. The first kappa shape index (κ1) is 22.9. The fraction of sp³-hybridized carbons (Fsp3) is 0.423. The van der Waals surface area contributed by atoms with Crippen molar-refractivity contribution in [2.75, 3.05) is 23.8 Å². The number of aliphatic hydroxyl groups is 1. The number of fused-ring (bicyclic) bond motifs is 1. The number of carbonyl (C=O) groups excluding carboxylic acids is 3. The van der Waals surface area contributed by atoms with Crippen molar-refractivity contribution in [3.63, 3.8) is 0 Å². The van der Waals surface area contributed by atoms with Crippen LogP contribution < -0.4 is 10.6 Å². The van der Waals surface area contributed by atoms with E-state index in [0.29, 0.717) is 12.1 Å². The Morgan fingerprint density at radius 1 is 1.06 bits per heavy atom. The second-order valence-corrected chi connectivity index (χ2v) is 11.0. The molecular formula is C26H29N3O4S. The van der Waals surface area contributed by atoms with Gasteiger partial charge in [-0.2, -0.15) is 0 Å². The minimum Gasteiger partial charge on any atom is -0.395 e. The van der Waals surface area contributed by atoms with E-state index in [-0.39, 0.29) is 36.1 Å². The van der Waals surface area contributed by atoms with Crippen LogP contribution >= 0.6 is 11.8 Å². The van der Waals surface area contributed by atoms with Gasteiger partial charge in [0.25, 0.3) is 0 Å². The van der Waals surface area contributed by atoms with E-state index in [4.69, 9.17) is 0 Å². The minimum atomic E-state index is -0.735. The Morgan fingerprint density at radius 3 is 2.44 bits per heavy atom. The van der Waals surface area contributed by atoms with Crippen LogP contribution in [0.1, 0.15) is 24.0 Å². The standard InChI is InChI=1S/C26H29N3O4S/c1-15-7-6-8-16(2)21(15)28-24(32)22-26-12-11-18(34-26)19(20(26)25(33)29(22)13-14-30)23(31)27-17-9-4-3-5-10-17/h3-10,18-20,22,30H,11-14H2,1-2H3,(H,27,31)(H,28,32)/t18-,19+,20-,22?,26?/m0/s1. The van der Waals surface area contributed by atoms with E-state index in [1.807, 2.05) is 62.4 Å². The van der Waals surface area contributed by atoms with Crippen LogP contribution in [-0.4, -0.2) is 56.9 Å². The molecule has 2 bridgehead atoms. The number of para-hydroxylation sites is 2. The Morgan fingerprint density at radius 2 is 1.76 bits per heavy atom. The van der Waals surface area contributed by atoms with Crippen LogP contribution in [0, 0.1) is 25.7 Å².